The Hall–Kier alpha value is -8.93. The van der Waals surface area contributed by atoms with Gasteiger partial charge < -0.3 is 64.4 Å². The first-order valence-electron chi connectivity index (χ1n) is 27.5. The summed E-state index contributed by atoms with van der Waals surface area (Å²) in [5.74, 6) is -4.27. The number of amides is 2. The van der Waals surface area contributed by atoms with Gasteiger partial charge in [-0.3, -0.25) is 52.4 Å². The summed E-state index contributed by atoms with van der Waals surface area (Å²) in [6, 6.07) is -1.16. The fourth-order valence-electron chi connectivity index (χ4n) is 8.34. The van der Waals surface area contributed by atoms with Crippen LogP contribution >= 0.6 is 15.6 Å². The summed E-state index contributed by atoms with van der Waals surface area (Å²) in [6.07, 6.45) is 35.4. The van der Waals surface area contributed by atoms with Crippen LogP contribution in [0.2, 0.25) is 0 Å². The topological polar surface area (TPSA) is 436 Å². The van der Waals surface area contributed by atoms with Gasteiger partial charge in [0.1, 0.15) is 54.5 Å². The molecule has 3 aliphatic heterocycles. The minimum Gasteiger partial charge on any atom is -0.481 e. The number of phosphoric acid groups is 2. The summed E-state index contributed by atoms with van der Waals surface area (Å²) in [5, 5.41) is 42.8. The Kier molecular flexibility index (Phi) is 29.1. The third kappa shape index (κ3) is 24.9. The Labute approximate surface area is 515 Å². The zero-order valence-electron chi connectivity index (χ0n) is 48.7. The normalized spacial score (nSPS) is 21.9. The fraction of sp³-hybridized carbons (Fsp3) is 0.328. The summed E-state index contributed by atoms with van der Waals surface area (Å²) in [5.41, 5.74) is 0.549. The number of allylic oxidation sites excluding steroid dienone is 18. The van der Waals surface area contributed by atoms with E-state index in [1.807, 2.05) is 36.5 Å². The zero-order valence-corrected chi connectivity index (χ0v) is 50.5. The predicted octanol–water partition coefficient (Wildman–Crippen LogP) is 4.45. The van der Waals surface area contributed by atoms with Gasteiger partial charge in [-0.2, -0.15) is 0 Å². The number of Topliss-reactive ketones (excluding diaryl/α,β-unsaturated/α-hetero) is 1. The maximum Gasteiger partial charge on any atom is 0.527 e. The van der Waals surface area contributed by atoms with Crippen LogP contribution < -0.4 is 21.9 Å². The molecule has 0 radical (unpaired) electrons. The number of phosphoric ester groups is 2. The highest BCUT2D eigenvalue weighted by Crippen LogP contribution is 2.49. The lowest BCUT2D eigenvalue weighted by Crippen LogP contribution is -2.42. The Balaban J connectivity index is 0.000000437. The van der Waals surface area contributed by atoms with E-state index in [2.05, 4.69) is 42.1 Å². The number of ether oxygens (including phenoxy) is 2. The molecule has 6 rings (SSSR count). The van der Waals surface area contributed by atoms with Gasteiger partial charge in [-0.15, -0.1) is 0 Å². The molecule has 3 aromatic rings. The highest BCUT2D eigenvalue weighted by Gasteiger charge is 2.44. The second-order valence-electron chi connectivity index (χ2n) is 19.7. The second-order valence-corrected chi connectivity index (χ2v) is 22.4. The number of aryl methyl sites for hydroxylation is 1. The molecule has 30 nitrogen and oxygen atoms in total. The number of H-pyrrole nitrogens is 3. The Morgan fingerprint density at radius 2 is 1.18 bits per heavy atom. The molecule has 2 saturated heterocycles. The van der Waals surface area contributed by atoms with Gasteiger partial charge in [0.15, 0.2) is 0 Å². The number of aromatic nitrogens is 6. The number of carboxylic acids is 2. The van der Waals surface area contributed by atoms with Crippen molar-refractivity contribution in [3.8, 4) is 0 Å². The number of aliphatic hydroxyl groups is 2. The average Bonchev–Trinajstić information content (AvgIpc) is 1.71. The lowest BCUT2D eigenvalue weighted by atomic mass is 9.95. The molecule has 10 atom stereocenters. The monoisotopic (exact) mass is 1290 g/mol. The van der Waals surface area contributed by atoms with Crippen LogP contribution in [0.3, 0.4) is 0 Å². The SMILES string of the molecule is C=C1NC(=O)C(C)=CN1[C@@H]1CC(OP(=O)(O)O\C=C/C=C/C=C/C=C/C=C/C=C/C=C/C=C/C=C/C=C\OP(=O)(O)O[C@@H]2C[C@H](n3cc(C)c(=O)[nH]c3=O)O[C@@H]2CO)[C@H](CO)O1.O=C(CCC(=O)N[C@@H](Cc1cnc[nH]1)C(=O)O)C[C@H](Cc1cnc[nH]1)C(=O)O. The molecule has 2 fully saturated rings. The van der Waals surface area contributed by atoms with Crippen LogP contribution in [0.5, 0.6) is 0 Å². The van der Waals surface area contributed by atoms with Crippen LogP contribution in [0.1, 0.15) is 62.2 Å². The molecule has 484 valence electrons. The number of carbonyl (C=O) groups excluding carboxylic acids is 3. The van der Waals surface area contributed by atoms with Crippen molar-refractivity contribution in [2.24, 2.45) is 5.92 Å². The number of carbonyl (C=O) groups is 5. The molecule has 0 saturated carbocycles. The molecule has 3 aliphatic rings. The second kappa shape index (κ2) is 36.5. The fourth-order valence-corrected chi connectivity index (χ4v) is 10.0. The molecule has 0 bridgehead atoms. The third-order valence-corrected chi connectivity index (χ3v) is 14.7. The lowest BCUT2D eigenvalue weighted by Gasteiger charge is -2.32. The first-order valence-corrected chi connectivity index (χ1v) is 30.5. The van der Waals surface area contributed by atoms with Crippen molar-refractivity contribution < 1.29 is 90.9 Å². The third-order valence-electron chi connectivity index (χ3n) is 12.8. The van der Waals surface area contributed by atoms with E-state index in [0.29, 0.717) is 17.0 Å². The number of imidazole rings is 2. The average molecular weight is 1290 g/mol. The van der Waals surface area contributed by atoms with Crippen LogP contribution in [0, 0.1) is 12.8 Å². The standard InChI is InChI=1S/C41H50N4O15P2.C17H21N5O6/c1-30-26-44(32(3)42-39(30)48)37-24-33(35(28-46)57-37)59-61(51,52)55-22-20-18-16-14-12-10-8-6-4-5-7-9-11-13-15-17-19-21-23-56-62(53,54)60-34-25-38(58-36(34)29-47)45-27-31(2)40(49)43-41(45)50;23-13(4-10(16(25)26)3-11-6-18-8-20-11)1-2-15(24)22-14(17(27)28)5-12-7-19-9-21-12/h4-23,26-27,33-38,46-47H,3,24-25,28-29H2,1-2H3,(H,42,48)(H,51,52)(H,53,54)(H,43,49,50);6-10,14H,1-5H2,(H,18,20)(H,19,21)(H,22,24)(H,25,26)(H,27,28)/b6-4+,7-5+,10-8+,11-9+,14-12+,15-13+,18-16+,19-17+,22-20-,23-21-;/t33?,34-,35+,36-,37+,38-;10-,14-/m10/s1. The number of hydrogen-bond donors (Lipinski definition) is 11. The van der Waals surface area contributed by atoms with Gasteiger partial charge in [-0.25, -0.2) is 28.7 Å². The van der Waals surface area contributed by atoms with E-state index in [1.54, 1.807) is 78.8 Å². The number of carboxylic acid groups (broad SMARTS) is 2. The maximum absolute atomic E-state index is 12.5. The van der Waals surface area contributed by atoms with Gasteiger partial charge in [0.2, 0.25) is 5.91 Å². The molecule has 0 aromatic carbocycles. The summed E-state index contributed by atoms with van der Waals surface area (Å²) >= 11 is 0. The number of nitrogens with one attached hydrogen (secondary N) is 5. The van der Waals surface area contributed by atoms with Crippen LogP contribution in [0.25, 0.3) is 0 Å². The number of hydrogen-bond acceptors (Lipinski definition) is 20. The van der Waals surface area contributed by atoms with Crippen LogP contribution in [0.15, 0.2) is 187 Å². The molecule has 0 spiro atoms. The number of aliphatic carboxylic acids is 2. The quantitative estimate of drug-likeness (QED) is 0.0228. The molecule has 0 aliphatic carbocycles. The summed E-state index contributed by atoms with van der Waals surface area (Å²) < 4.78 is 57.7. The van der Waals surface area contributed by atoms with Crippen molar-refractivity contribution in [2.75, 3.05) is 13.2 Å². The highest BCUT2D eigenvalue weighted by atomic mass is 31.2. The summed E-state index contributed by atoms with van der Waals surface area (Å²) in [4.78, 5) is 119. The van der Waals surface area contributed by atoms with Crippen molar-refractivity contribution in [2.45, 2.75) is 102 Å². The van der Waals surface area contributed by atoms with Gasteiger partial charge in [0.05, 0.1) is 44.3 Å². The van der Waals surface area contributed by atoms with Gasteiger partial charge in [-0.05, 0) is 26.0 Å². The maximum atomic E-state index is 12.5. The Morgan fingerprint density at radius 1 is 0.711 bits per heavy atom. The van der Waals surface area contributed by atoms with Crippen LogP contribution in [-0.4, -0.2) is 144 Å². The van der Waals surface area contributed by atoms with Crippen molar-refractivity contribution in [3.63, 3.8) is 0 Å². The molecule has 6 heterocycles. The molecule has 3 unspecified atom stereocenters. The summed E-state index contributed by atoms with van der Waals surface area (Å²) in [7, 11) is -9.14. The number of ketones is 1. The number of aliphatic hydroxyl groups excluding tert-OH is 2. The van der Waals surface area contributed by atoms with E-state index in [0.717, 1.165) is 17.1 Å². The highest BCUT2D eigenvalue weighted by molar-refractivity contribution is 7.47. The zero-order chi connectivity index (χ0) is 65.6. The predicted molar refractivity (Wildman–Crippen MR) is 322 cm³/mol. The van der Waals surface area contributed by atoms with Gasteiger partial charge >= 0.3 is 33.3 Å². The van der Waals surface area contributed by atoms with Crippen LogP contribution in [0.4, 0.5) is 0 Å². The van der Waals surface area contributed by atoms with Crippen molar-refractivity contribution in [1.29, 1.82) is 0 Å². The smallest absolute Gasteiger partial charge is 0.481 e. The van der Waals surface area contributed by atoms with E-state index in [9.17, 15) is 72.9 Å². The van der Waals surface area contributed by atoms with Crippen LogP contribution in [-0.2, 0) is 73.5 Å². The molecular weight excluding hydrogens is 1220 g/mol. The van der Waals surface area contributed by atoms with Gasteiger partial charge in [0, 0.05) is 92.3 Å². The van der Waals surface area contributed by atoms with E-state index in [-0.39, 0.29) is 68.0 Å². The van der Waals surface area contributed by atoms with Gasteiger partial charge in [-0.1, -0.05) is 104 Å². The van der Waals surface area contributed by atoms with Gasteiger partial charge in [0.25, 0.3) is 11.5 Å². The Bertz CT molecular complexity index is 3420. The van der Waals surface area contributed by atoms with E-state index < -0.39 is 107 Å². The number of rotatable bonds is 33. The van der Waals surface area contributed by atoms with E-state index in [4.69, 9.17) is 27.6 Å². The number of aromatic amines is 3. The first kappa shape index (κ1) is 71.8. The molecular formula is C58H71N9O21P2. The van der Waals surface area contributed by atoms with Crippen molar-refractivity contribution in [3.05, 3.63) is 215 Å². The van der Waals surface area contributed by atoms with E-state index >= 15 is 0 Å². The Morgan fingerprint density at radius 3 is 1.63 bits per heavy atom. The minimum absolute atomic E-state index is 0.0281. The summed E-state index contributed by atoms with van der Waals surface area (Å²) in [6.45, 7) is 5.89. The molecule has 11 N–H and O–H groups in total. The molecule has 90 heavy (non-hydrogen) atoms. The molecule has 32 heteroatoms. The number of nitrogens with zero attached hydrogens (tertiary/aromatic N) is 4. The van der Waals surface area contributed by atoms with E-state index in [1.165, 1.54) is 50.3 Å². The minimum atomic E-state index is -4.60. The lowest BCUT2D eigenvalue weighted by molar-refractivity contribution is -0.144. The van der Waals surface area contributed by atoms with Crippen molar-refractivity contribution >= 4 is 45.2 Å². The molecule has 2 amide bonds. The van der Waals surface area contributed by atoms with Crippen molar-refractivity contribution in [1.82, 2.24) is 45.0 Å². The molecule has 3 aromatic heterocycles. The largest absolute Gasteiger partial charge is 0.527 e. The first-order chi connectivity index (χ1) is 43.0.